The van der Waals surface area contributed by atoms with E-state index < -0.39 is 0 Å². The molecule has 0 aliphatic carbocycles. The van der Waals surface area contributed by atoms with Gasteiger partial charge in [-0.05, 0) is 86.0 Å². The minimum Gasteiger partial charge on any atom is -0.494 e. The molecule has 0 atom stereocenters. The van der Waals surface area contributed by atoms with Crippen LogP contribution in [0, 0.1) is 13.8 Å². The van der Waals surface area contributed by atoms with Gasteiger partial charge in [0.15, 0.2) is 5.58 Å². The lowest BCUT2D eigenvalue weighted by Gasteiger charge is -2.08. The molecule has 1 amide bonds. The maximum absolute atomic E-state index is 12.6. The van der Waals surface area contributed by atoms with Crippen LogP contribution in [0.25, 0.3) is 22.6 Å². The zero-order valence-corrected chi connectivity index (χ0v) is 17.4. The Kier molecular flexibility index (Phi) is 5.53. The molecule has 0 saturated carbocycles. The Bertz CT molecular complexity index is 1150. The highest BCUT2D eigenvalue weighted by molar-refractivity contribution is 6.04. The smallest absolute Gasteiger partial charge is 0.255 e. The molecule has 4 rings (SSSR count). The number of carbonyl (C=O) groups excluding carboxylic acids is 1. The van der Waals surface area contributed by atoms with Gasteiger partial charge in [0.2, 0.25) is 5.89 Å². The van der Waals surface area contributed by atoms with Crippen molar-refractivity contribution in [3.05, 3.63) is 77.4 Å². The number of aryl methyl sites for hydroxylation is 2. The van der Waals surface area contributed by atoms with Crippen LogP contribution in [0.15, 0.2) is 65.1 Å². The Hall–Kier alpha value is -3.60. The first kappa shape index (κ1) is 19.7. The number of nitrogens with zero attached hydrogens (tertiary/aromatic N) is 1. The van der Waals surface area contributed by atoms with Crippen LogP contribution in [-0.4, -0.2) is 17.5 Å². The number of amides is 1. The number of benzene rings is 3. The zero-order valence-electron chi connectivity index (χ0n) is 17.4. The molecular weight excluding hydrogens is 376 g/mol. The minimum absolute atomic E-state index is 0.182. The van der Waals surface area contributed by atoms with Crippen molar-refractivity contribution < 1.29 is 13.9 Å². The fourth-order valence-electron chi connectivity index (χ4n) is 3.16. The van der Waals surface area contributed by atoms with Gasteiger partial charge in [0.1, 0.15) is 11.3 Å². The van der Waals surface area contributed by atoms with Gasteiger partial charge in [-0.3, -0.25) is 4.79 Å². The summed E-state index contributed by atoms with van der Waals surface area (Å²) < 4.78 is 11.5. The van der Waals surface area contributed by atoms with Crippen molar-refractivity contribution in [2.45, 2.75) is 27.2 Å². The van der Waals surface area contributed by atoms with Crippen LogP contribution in [0.2, 0.25) is 0 Å². The molecule has 0 radical (unpaired) electrons. The maximum atomic E-state index is 12.6. The van der Waals surface area contributed by atoms with E-state index in [9.17, 15) is 4.79 Å². The number of hydrogen-bond donors (Lipinski definition) is 1. The van der Waals surface area contributed by atoms with E-state index in [0.29, 0.717) is 23.7 Å². The summed E-state index contributed by atoms with van der Waals surface area (Å²) in [5, 5.41) is 2.93. The predicted octanol–water partition coefficient (Wildman–Crippen LogP) is 6.15. The van der Waals surface area contributed by atoms with Gasteiger partial charge in [-0.15, -0.1) is 0 Å². The molecule has 0 aliphatic heterocycles. The van der Waals surface area contributed by atoms with Crippen molar-refractivity contribution in [2.24, 2.45) is 0 Å². The van der Waals surface area contributed by atoms with Gasteiger partial charge in [-0.25, -0.2) is 4.98 Å². The molecule has 0 bridgehead atoms. The molecule has 0 aliphatic rings. The first-order chi connectivity index (χ1) is 14.5. The number of hydrogen-bond acceptors (Lipinski definition) is 4. The van der Waals surface area contributed by atoms with E-state index in [1.54, 1.807) is 12.1 Å². The highest BCUT2D eigenvalue weighted by Gasteiger charge is 2.12. The molecule has 3 aromatic carbocycles. The van der Waals surface area contributed by atoms with Crippen LogP contribution in [0.4, 0.5) is 5.69 Å². The SMILES string of the molecule is CCCOc1ccc(C(=O)Nc2cccc(-c3nc4cc(C)c(C)cc4o3)c2)cc1. The number of anilines is 1. The largest absolute Gasteiger partial charge is 0.494 e. The van der Waals surface area contributed by atoms with E-state index in [4.69, 9.17) is 9.15 Å². The zero-order chi connectivity index (χ0) is 21.1. The van der Waals surface area contributed by atoms with Crippen LogP contribution in [0.1, 0.15) is 34.8 Å². The Labute approximate surface area is 175 Å². The predicted molar refractivity (Wildman–Crippen MR) is 119 cm³/mol. The average molecular weight is 400 g/mol. The standard InChI is InChI=1S/C25H24N2O3/c1-4-12-29-21-10-8-18(9-11-21)24(28)26-20-7-5-6-19(15-20)25-27-22-13-16(2)17(3)14-23(22)30-25/h5-11,13-15H,4,12H2,1-3H3,(H,26,28). The molecule has 0 saturated heterocycles. The molecule has 1 heterocycles. The molecule has 0 spiro atoms. The topological polar surface area (TPSA) is 64.4 Å². The van der Waals surface area contributed by atoms with Gasteiger partial charge in [-0.1, -0.05) is 13.0 Å². The Morgan fingerprint density at radius 1 is 1.03 bits per heavy atom. The van der Waals surface area contributed by atoms with Crippen LogP contribution in [0.5, 0.6) is 5.75 Å². The third-order valence-corrected chi connectivity index (χ3v) is 4.96. The second-order valence-electron chi connectivity index (χ2n) is 7.33. The molecule has 4 aromatic rings. The summed E-state index contributed by atoms with van der Waals surface area (Å²) in [4.78, 5) is 17.2. The molecule has 30 heavy (non-hydrogen) atoms. The number of oxazole rings is 1. The number of nitrogens with one attached hydrogen (secondary N) is 1. The first-order valence-corrected chi connectivity index (χ1v) is 10.1. The first-order valence-electron chi connectivity index (χ1n) is 10.1. The second-order valence-corrected chi connectivity index (χ2v) is 7.33. The molecule has 5 heteroatoms. The Morgan fingerprint density at radius 2 is 1.80 bits per heavy atom. The number of rotatable bonds is 6. The Morgan fingerprint density at radius 3 is 2.57 bits per heavy atom. The monoisotopic (exact) mass is 400 g/mol. The number of aromatic nitrogens is 1. The van der Waals surface area contributed by atoms with Crippen molar-refractivity contribution in [1.29, 1.82) is 0 Å². The fraction of sp³-hybridized carbons (Fsp3) is 0.200. The van der Waals surface area contributed by atoms with Crippen LogP contribution < -0.4 is 10.1 Å². The summed E-state index contributed by atoms with van der Waals surface area (Å²) in [7, 11) is 0. The number of ether oxygens (including phenoxy) is 1. The summed E-state index contributed by atoms with van der Waals surface area (Å²) >= 11 is 0. The lowest BCUT2D eigenvalue weighted by molar-refractivity contribution is 0.102. The van der Waals surface area contributed by atoms with Gasteiger partial charge in [0.05, 0.1) is 6.61 Å². The minimum atomic E-state index is -0.182. The second kappa shape index (κ2) is 8.41. The van der Waals surface area contributed by atoms with Crippen molar-refractivity contribution in [1.82, 2.24) is 4.98 Å². The van der Waals surface area contributed by atoms with Gasteiger partial charge in [0.25, 0.3) is 5.91 Å². The van der Waals surface area contributed by atoms with E-state index in [-0.39, 0.29) is 5.91 Å². The van der Waals surface area contributed by atoms with E-state index in [2.05, 4.69) is 31.1 Å². The molecule has 0 unspecified atom stereocenters. The normalized spacial score (nSPS) is 10.9. The number of fused-ring (bicyclic) bond motifs is 1. The Balaban J connectivity index is 1.53. The van der Waals surface area contributed by atoms with Gasteiger partial charge in [0, 0.05) is 16.8 Å². The summed E-state index contributed by atoms with van der Waals surface area (Å²) in [6.07, 6.45) is 0.942. The molecular formula is C25H24N2O3. The molecule has 5 nitrogen and oxygen atoms in total. The molecule has 152 valence electrons. The molecule has 1 aromatic heterocycles. The van der Waals surface area contributed by atoms with Crippen LogP contribution in [-0.2, 0) is 0 Å². The summed E-state index contributed by atoms with van der Waals surface area (Å²) in [6.45, 7) is 6.82. The van der Waals surface area contributed by atoms with Crippen molar-refractivity contribution in [2.75, 3.05) is 11.9 Å². The van der Waals surface area contributed by atoms with Crippen molar-refractivity contribution in [3.63, 3.8) is 0 Å². The third kappa shape index (κ3) is 4.20. The third-order valence-electron chi connectivity index (χ3n) is 4.96. The van der Waals surface area contributed by atoms with Gasteiger partial charge < -0.3 is 14.5 Å². The van der Waals surface area contributed by atoms with Crippen molar-refractivity contribution >= 4 is 22.7 Å². The summed E-state index contributed by atoms with van der Waals surface area (Å²) in [5.74, 6) is 1.11. The summed E-state index contributed by atoms with van der Waals surface area (Å²) in [5.41, 5.74) is 5.98. The lowest BCUT2D eigenvalue weighted by atomic mass is 10.1. The fourth-order valence-corrected chi connectivity index (χ4v) is 3.16. The maximum Gasteiger partial charge on any atom is 0.255 e. The molecule has 0 fully saturated rings. The van der Waals surface area contributed by atoms with Gasteiger partial charge >= 0.3 is 0 Å². The van der Waals surface area contributed by atoms with Gasteiger partial charge in [-0.2, -0.15) is 0 Å². The number of carbonyl (C=O) groups is 1. The summed E-state index contributed by atoms with van der Waals surface area (Å²) in [6, 6.07) is 18.7. The van der Waals surface area contributed by atoms with Crippen LogP contribution in [0.3, 0.4) is 0 Å². The van der Waals surface area contributed by atoms with E-state index in [0.717, 1.165) is 34.4 Å². The van der Waals surface area contributed by atoms with Crippen LogP contribution >= 0.6 is 0 Å². The highest BCUT2D eigenvalue weighted by Crippen LogP contribution is 2.28. The highest BCUT2D eigenvalue weighted by atomic mass is 16.5. The van der Waals surface area contributed by atoms with E-state index in [1.807, 2.05) is 48.5 Å². The van der Waals surface area contributed by atoms with E-state index in [1.165, 1.54) is 5.56 Å². The lowest BCUT2D eigenvalue weighted by Crippen LogP contribution is -2.11. The molecule has 1 N–H and O–H groups in total. The quantitative estimate of drug-likeness (QED) is 0.421. The average Bonchev–Trinajstić information content (AvgIpc) is 3.16. The van der Waals surface area contributed by atoms with Crippen molar-refractivity contribution in [3.8, 4) is 17.2 Å². The van der Waals surface area contributed by atoms with E-state index >= 15 is 0 Å².